The average Bonchev–Trinajstić information content (AvgIpc) is 3.04. The molecule has 0 saturated carbocycles. The minimum absolute atomic E-state index is 0.958. The normalized spacial score (nSPS) is 11.5. The van der Waals surface area contributed by atoms with E-state index in [1.165, 1.54) is 22.1 Å². The fourth-order valence-electron chi connectivity index (χ4n) is 3.25. The van der Waals surface area contributed by atoms with Crippen LogP contribution in [0.25, 0.3) is 22.1 Å². The van der Waals surface area contributed by atoms with Crippen molar-refractivity contribution in [1.29, 1.82) is 0 Å². The molecule has 22 heavy (non-hydrogen) atoms. The van der Waals surface area contributed by atoms with E-state index in [4.69, 9.17) is 0 Å². The van der Waals surface area contributed by atoms with Crippen molar-refractivity contribution < 1.29 is 9.13 Å². The lowest BCUT2D eigenvalue weighted by molar-refractivity contribution is -0.646. The van der Waals surface area contributed by atoms with E-state index >= 15 is 0 Å². The standard InChI is InChI=1S/C18H20N4/c1-19-13-21(17-9-5-3-7-15(17)19)11-12-22-14-20(2)16-8-4-6-10-18(16)22/h3-10,13-14H,11-12H2,1-2H3/q+2. The van der Waals surface area contributed by atoms with Gasteiger partial charge in [0.25, 0.3) is 0 Å². The Kier molecular flexibility index (Phi) is 2.96. The van der Waals surface area contributed by atoms with E-state index in [9.17, 15) is 0 Å². The molecule has 0 radical (unpaired) electrons. The van der Waals surface area contributed by atoms with Gasteiger partial charge in [-0.3, -0.25) is 0 Å². The Hall–Kier alpha value is -2.62. The largest absolute Gasteiger partial charge is 0.244 e. The molecule has 2 aromatic carbocycles. The van der Waals surface area contributed by atoms with Crippen LogP contribution in [0.2, 0.25) is 0 Å². The maximum Gasteiger partial charge on any atom is 0.244 e. The molecule has 2 aromatic heterocycles. The van der Waals surface area contributed by atoms with Crippen LogP contribution in [0.4, 0.5) is 0 Å². The predicted octanol–water partition coefficient (Wildman–Crippen LogP) is 1.95. The summed E-state index contributed by atoms with van der Waals surface area (Å²) in [4.78, 5) is 0. The third-order valence-electron chi connectivity index (χ3n) is 4.35. The molecule has 4 aromatic rings. The van der Waals surface area contributed by atoms with Crippen LogP contribution >= 0.6 is 0 Å². The molecule has 0 saturated heterocycles. The summed E-state index contributed by atoms with van der Waals surface area (Å²) in [6.45, 7) is 1.92. The Labute approximate surface area is 129 Å². The Balaban J connectivity index is 1.69. The second kappa shape index (κ2) is 4.98. The Morgan fingerprint density at radius 1 is 0.682 bits per heavy atom. The second-order valence-corrected chi connectivity index (χ2v) is 5.82. The molecular weight excluding hydrogens is 272 g/mol. The highest BCUT2D eigenvalue weighted by molar-refractivity contribution is 5.72. The summed E-state index contributed by atoms with van der Waals surface area (Å²) in [5.41, 5.74) is 5.10. The van der Waals surface area contributed by atoms with E-state index in [-0.39, 0.29) is 0 Å². The number of benzene rings is 2. The summed E-state index contributed by atoms with van der Waals surface area (Å²) in [5.74, 6) is 0. The van der Waals surface area contributed by atoms with Crippen LogP contribution < -0.4 is 9.13 Å². The Morgan fingerprint density at radius 2 is 1.09 bits per heavy atom. The molecule has 0 spiro atoms. The Bertz CT molecular complexity index is 882. The first kappa shape index (κ1) is 13.1. The van der Waals surface area contributed by atoms with Crippen LogP contribution in [0.3, 0.4) is 0 Å². The van der Waals surface area contributed by atoms with E-state index < -0.39 is 0 Å². The van der Waals surface area contributed by atoms with Gasteiger partial charge in [0.2, 0.25) is 12.7 Å². The minimum atomic E-state index is 0.958. The summed E-state index contributed by atoms with van der Waals surface area (Å²) in [6, 6.07) is 17.1. The van der Waals surface area contributed by atoms with E-state index in [0.717, 1.165) is 13.1 Å². The van der Waals surface area contributed by atoms with Crippen molar-refractivity contribution in [1.82, 2.24) is 9.13 Å². The summed E-state index contributed by atoms with van der Waals surface area (Å²) in [7, 11) is 4.20. The van der Waals surface area contributed by atoms with Gasteiger partial charge in [-0.25, -0.2) is 18.3 Å². The molecule has 4 nitrogen and oxygen atoms in total. The molecule has 0 N–H and O–H groups in total. The second-order valence-electron chi connectivity index (χ2n) is 5.82. The van der Waals surface area contributed by atoms with Crippen LogP contribution in [-0.4, -0.2) is 9.13 Å². The lowest BCUT2D eigenvalue weighted by atomic mass is 10.3. The number of fused-ring (bicyclic) bond motifs is 2. The van der Waals surface area contributed by atoms with Crippen molar-refractivity contribution in [2.24, 2.45) is 14.1 Å². The topological polar surface area (TPSA) is 17.6 Å². The molecule has 0 aliphatic carbocycles. The zero-order chi connectivity index (χ0) is 15.1. The molecule has 4 heteroatoms. The van der Waals surface area contributed by atoms with Crippen LogP contribution in [0.5, 0.6) is 0 Å². The molecule has 0 aliphatic heterocycles. The number of aromatic nitrogens is 4. The fraction of sp³-hybridized carbons (Fsp3) is 0.222. The van der Waals surface area contributed by atoms with Crippen molar-refractivity contribution in [3.8, 4) is 0 Å². The fourth-order valence-corrected chi connectivity index (χ4v) is 3.25. The lowest BCUT2D eigenvalue weighted by Crippen LogP contribution is -2.26. The number of hydrogen-bond acceptors (Lipinski definition) is 0. The van der Waals surface area contributed by atoms with Gasteiger partial charge in [0, 0.05) is 0 Å². The molecule has 0 unspecified atom stereocenters. The van der Waals surface area contributed by atoms with E-state index in [0.29, 0.717) is 0 Å². The van der Waals surface area contributed by atoms with Gasteiger partial charge in [0.05, 0.1) is 14.1 Å². The highest BCUT2D eigenvalue weighted by Crippen LogP contribution is 2.13. The average molecular weight is 292 g/mol. The van der Waals surface area contributed by atoms with Crippen LogP contribution in [0, 0.1) is 0 Å². The zero-order valence-electron chi connectivity index (χ0n) is 13.0. The smallest absolute Gasteiger partial charge is 0.233 e. The molecule has 0 fully saturated rings. The molecule has 2 heterocycles. The molecule has 0 atom stereocenters. The van der Waals surface area contributed by atoms with Gasteiger partial charge in [-0.1, -0.05) is 24.3 Å². The van der Waals surface area contributed by atoms with Crippen molar-refractivity contribution in [3.05, 3.63) is 61.2 Å². The molecule has 110 valence electrons. The van der Waals surface area contributed by atoms with Gasteiger partial charge in [-0.05, 0) is 24.3 Å². The van der Waals surface area contributed by atoms with Crippen molar-refractivity contribution in [2.45, 2.75) is 13.1 Å². The third kappa shape index (κ3) is 1.99. The first-order valence-corrected chi connectivity index (χ1v) is 7.61. The SMILES string of the molecule is C[n+]1cn(CCn2c[n+](C)c3ccccc32)c2ccccc21. The monoisotopic (exact) mass is 292 g/mol. The van der Waals surface area contributed by atoms with Crippen molar-refractivity contribution >= 4 is 22.1 Å². The van der Waals surface area contributed by atoms with Crippen LogP contribution in [0.1, 0.15) is 0 Å². The number of hydrogen-bond donors (Lipinski definition) is 0. The summed E-state index contributed by atoms with van der Waals surface area (Å²) >= 11 is 0. The maximum absolute atomic E-state index is 2.32. The predicted molar refractivity (Wildman–Crippen MR) is 86.2 cm³/mol. The van der Waals surface area contributed by atoms with Gasteiger partial charge in [0.15, 0.2) is 22.1 Å². The molecule has 0 aliphatic rings. The molecule has 0 amide bonds. The first-order chi connectivity index (χ1) is 10.7. The van der Waals surface area contributed by atoms with Crippen molar-refractivity contribution in [2.75, 3.05) is 0 Å². The van der Waals surface area contributed by atoms with Crippen LogP contribution in [-0.2, 0) is 27.2 Å². The maximum atomic E-state index is 2.32. The summed E-state index contributed by atoms with van der Waals surface area (Å²) in [6.07, 6.45) is 4.35. The van der Waals surface area contributed by atoms with Crippen molar-refractivity contribution in [3.63, 3.8) is 0 Å². The summed E-state index contributed by atoms with van der Waals surface area (Å²) < 4.78 is 9.01. The highest BCUT2D eigenvalue weighted by atomic mass is 15.2. The first-order valence-electron chi connectivity index (χ1n) is 7.61. The number of rotatable bonds is 3. The number of imidazole rings is 2. The van der Waals surface area contributed by atoms with E-state index in [1.807, 2.05) is 0 Å². The number of para-hydroxylation sites is 4. The van der Waals surface area contributed by atoms with E-state index in [1.54, 1.807) is 0 Å². The van der Waals surface area contributed by atoms with Crippen LogP contribution in [0.15, 0.2) is 61.2 Å². The lowest BCUT2D eigenvalue weighted by Gasteiger charge is -1.97. The van der Waals surface area contributed by atoms with Gasteiger partial charge in [-0.15, -0.1) is 0 Å². The van der Waals surface area contributed by atoms with Gasteiger partial charge < -0.3 is 0 Å². The summed E-state index contributed by atoms with van der Waals surface area (Å²) in [5, 5.41) is 0. The number of nitrogens with zero attached hydrogens (tertiary/aromatic N) is 4. The minimum Gasteiger partial charge on any atom is -0.233 e. The van der Waals surface area contributed by atoms with Gasteiger partial charge >= 0.3 is 0 Å². The highest BCUT2D eigenvalue weighted by Gasteiger charge is 2.16. The van der Waals surface area contributed by atoms with Gasteiger partial charge in [-0.2, -0.15) is 0 Å². The zero-order valence-corrected chi connectivity index (χ0v) is 13.0. The number of aryl methyl sites for hydroxylation is 4. The molecular formula is C18H20N4+2. The molecule has 0 bridgehead atoms. The third-order valence-corrected chi connectivity index (χ3v) is 4.35. The van der Waals surface area contributed by atoms with E-state index in [2.05, 4.69) is 93.5 Å². The Morgan fingerprint density at radius 3 is 1.55 bits per heavy atom. The molecule has 4 rings (SSSR count). The van der Waals surface area contributed by atoms with Gasteiger partial charge in [0.1, 0.15) is 13.1 Å². The quantitative estimate of drug-likeness (QED) is 0.514.